The van der Waals surface area contributed by atoms with Crippen molar-refractivity contribution in [3.05, 3.63) is 105 Å². The summed E-state index contributed by atoms with van der Waals surface area (Å²) in [6, 6.07) is 23.7. The fourth-order valence-electron chi connectivity index (χ4n) is 6.68. The Morgan fingerprint density at radius 2 is 0.862 bits per heavy atom. The van der Waals surface area contributed by atoms with E-state index in [1.54, 1.807) is 22.3 Å². The van der Waals surface area contributed by atoms with Crippen molar-refractivity contribution in [1.29, 1.82) is 0 Å². The normalized spacial score (nSPS) is 25.7. The molecule has 146 valence electrons. The van der Waals surface area contributed by atoms with E-state index in [2.05, 4.69) is 88.4 Å². The number of rotatable bonds is 2. The Bertz CT molecular complexity index is 982. The minimum absolute atomic E-state index is 0.401. The summed E-state index contributed by atoms with van der Waals surface area (Å²) >= 11 is 0. The van der Waals surface area contributed by atoms with Gasteiger partial charge in [-0.2, -0.15) is 0 Å². The van der Waals surface area contributed by atoms with Gasteiger partial charge >= 0.3 is 0 Å². The molecule has 2 atom stereocenters. The van der Waals surface area contributed by atoms with Crippen LogP contribution in [-0.4, -0.2) is 0 Å². The van der Waals surface area contributed by atoms with Crippen LogP contribution in [0.1, 0.15) is 102 Å². The summed E-state index contributed by atoms with van der Waals surface area (Å²) in [7, 11) is 0. The standard InChI is InChI=1S/C29H30/c1-16(2)22-13-23(17(3)4)25-15-27-26(14-24(22)25)28-18-9-5-7-11-20(18)29(27)21-12-8-6-10-19(21)28/h5-12,14-17,22-23,28-29H,13H2,1-4H3. The van der Waals surface area contributed by atoms with Gasteiger partial charge in [0.15, 0.2) is 0 Å². The summed E-state index contributed by atoms with van der Waals surface area (Å²) in [5, 5.41) is 0. The molecule has 0 saturated carbocycles. The third kappa shape index (κ3) is 2.26. The molecule has 3 aromatic carbocycles. The van der Waals surface area contributed by atoms with Gasteiger partial charge in [0.2, 0.25) is 0 Å². The highest BCUT2D eigenvalue weighted by molar-refractivity contribution is 5.69. The third-order valence-electron chi connectivity index (χ3n) is 8.06. The lowest BCUT2D eigenvalue weighted by Crippen LogP contribution is -2.28. The first kappa shape index (κ1) is 17.5. The first-order chi connectivity index (χ1) is 14.1. The molecule has 29 heavy (non-hydrogen) atoms. The van der Waals surface area contributed by atoms with Crippen molar-refractivity contribution in [1.82, 2.24) is 0 Å². The van der Waals surface area contributed by atoms with Gasteiger partial charge in [0.25, 0.3) is 0 Å². The molecular weight excluding hydrogens is 348 g/mol. The van der Waals surface area contributed by atoms with Crippen molar-refractivity contribution in [2.24, 2.45) is 11.8 Å². The van der Waals surface area contributed by atoms with Gasteiger partial charge in [-0.15, -0.1) is 0 Å². The molecule has 2 bridgehead atoms. The predicted octanol–water partition coefficient (Wildman–Crippen LogP) is 7.56. The Kier molecular flexibility index (Phi) is 3.67. The minimum Gasteiger partial charge on any atom is -0.0622 e. The van der Waals surface area contributed by atoms with Gasteiger partial charge in [0.1, 0.15) is 0 Å². The zero-order valence-corrected chi connectivity index (χ0v) is 17.9. The van der Waals surface area contributed by atoms with Crippen LogP contribution in [0.3, 0.4) is 0 Å². The monoisotopic (exact) mass is 378 g/mol. The molecule has 0 nitrogen and oxygen atoms in total. The highest BCUT2D eigenvalue weighted by Gasteiger charge is 2.43. The van der Waals surface area contributed by atoms with Crippen molar-refractivity contribution >= 4 is 0 Å². The van der Waals surface area contributed by atoms with Crippen LogP contribution < -0.4 is 0 Å². The van der Waals surface area contributed by atoms with Crippen LogP contribution in [0.4, 0.5) is 0 Å². The smallest absolute Gasteiger partial charge is 0.0349 e. The predicted molar refractivity (Wildman–Crippen MR) is 121 cm³/mol. The fraction of sp³-hybridized carbons (Fsp3) is 0.379. The summed E-state index contributed by atoms with van der Waals surface area (Å²) in [6.07, 6.45) is 1.32. The quantitative estimate of drug-likeness (QED) is 0.297. The lowest BCUT2D eigenvalue weighted by molar-refractivity contribution is 0.414. The molecule has 0 radical (unpaired) electrons. The largest absolute Gasteiger partial charge is 0.0622 e. The molecule has 0 N–H and O–H groups in total. The Balaban J connectivity index is 1.63. The first-order valence-corrected chi connectivity index (χ1v) is 11.4. The van der Waals surface area contributed by atoms with E-state index in [0.29, 0.717) is 35.5 Å². The van der Waals surface area contributed by atoms with Crippen molar-refractivity contribution in [2.45, 2.75) is 57.8 Å². The third-order valence-corrected chi connectivity index (χ3v) is 8.06. The topological polar surface area (TPSA) is 0 Å². The molecule has 0 heteroatoms. The van der Waals surface area contributed by atoms with E-state index in [0.717, 1.165) is 0 Å². The molecule has 0 heterocycles. The van der Waals surface area contributed by atoms with Gasteiger partial charge < -0.3 is 0 Å². The van der Waals surface area contributed by atoms with E-state index < -0.39 is 0 Å². The lowest BCUT2D eigenvalue weighted by atomic mass is 9.60. The zero-order valence-electron chi connectivity index (χ0n) is 17.9. The van der Waals surface area contributed by atoms with E-state index >= 15 is 0 Å². The summed E-state index contributed by atoms with van der Waals surface area (Å²) < 4.78 is 0. The maximum absolute atomic E-state index is 2.64. The van der Waals surface area contributed by atoms with Crippen LogP contribution in [0.15, 0.2) is 60.7 Å². The van der Waals surface area contributed by atoms with Crippen molar-refractivity contribution in [3.63, 3.8) is 0 Å². The maximum atomic E-state index is 2.64. The van der Waals surface area contributed by atoms with E-state index in [1.807, 2.05) is 0 Å². The molecule has 0 saturated heterocycles. The van der Waals surface area contributed by atoms with Crippen molar-refractivity contribution < 1.29 is 0 Å². The van der Waals surface area contributed by atoms with Crippen LogP contribution in [-0.2, 0) is 0 Å². The molecule has 0 aliphatic heterocycles. The highest BCUT2D eigenvalue weighted by atomic mass is 14.5. The van der Waals surface area contributed by atoms with Crippen LogP contribution in [0.5, 0.6) is 0 Å². The number of hydrogen-bond donors (Lipinski definition) is 0. The molecule has 0 spiro atoms. The van der Waals surface area contributed by atoms with E-state index in [-0.39, 0.29) is 0 Å². The fourth-order valence-corrected chi connectivity index (χ4v) is 6.68. The number of hydrogen-bond acceptors (Lipinski definition) is 0. The minimum atomic E-state index is 0.401. The molecule has 7 rings (SSSR count). The lowest BCUT2D eigenvalue weighted by Gasteiger charge is -2.43. The Hall–Kier alpha value is -2.34. The average molecular weight is 379 g/mol. The molecule has 3 aromatic rings. The van der Waals surface area contributed by atoms with Gasteiger partial charge in [0, 0.05) is 11.8 Å². The van der Waals surface area contributed by atoms with Crippen molar-refractivity contribution in [3.8, 4) is 0 Å². The molecule has 0 aromatic heterocycles. The Labute approximate surface area is 175 Å². The molecule has 0 amide bonds. The Morgan fingerprint density at radius 1 is 0.517 bits per heavy atom. The summed E-state index contributed by atoms with van der Waals surface area (Å²) in [5.41, 5.74) is 12.6. The number of fused-ring (bicyclic) bond motifs is 1. The van der Waals surface area contributed by atoms with Gasteiger partial charge in [-0.05, 0) is 74.6 Å². The second-order valence-electron chi connectivity index (χ2n) is 10.2. The first-order valence-electron chi connectivity index (χ1n) is 11.4. The molecular formula is C29H30. The molecule has 0 fully saturated rings. The van der Waals surface area contributed by atoms with Crippen LogP contribution in [0.25, 0.3) is 0 Å². The number of benzene rings is 3. The molecule has 4 aliphatic carbocycles. The van der Waals surface area contributed by atoms with E-state index in [9.17, 15) is 0 Å². The van der Waals surface area contributed by atoms with E-state index in [1.165, 1.54) is 28.7 Å². The second-order valence-corrected chi connectivity index (χ2v) is 10.2. The van der Waals surface area contributed by atoms with Gasteiger partial charge in [-0.25, -0.2) is 0 Å². The maximum Gasteiger partial charge on any atom is 0.0349 e. The van der Waals surface area contributed by atoms with Crippen LogP contribution >= 0.6 is 0 Å². The zero-order chi connectivity index (χ0) is 19.9. The van der Waals surface area contributed by atoms with Crippen molar-refractivity contribution in [2.75, 3.05) is 0 Å². The van der Waals surface area contributed by atoms with Gasteiger partial charge in [-0.3, -0.25) is 0 Å². The van der Waals surface area contributed by atoms with E-state index in [4.69, 9.17) is 0 Å². The van der Waals surface area contributed by atoms with Crippen LogP contribution in [0, 0.1) is 11.8 Å². The van der Waals surface area contributed by atoms with Crippen LogP contribution in [0.2, 0.25) is 0 Å². The average Bonchev–Trinajstić information content (AvgIpc) is 3.11. The van der Waals surface area contributed by atoms with Gasteiger partial charge in [-0.1, -0.05) is 88.4 Å². The van der Waals surface area contributed by atoms with Gasteiger partial charge in [0.05, 0.1) is 0 Å². The molecule has 4 aliphatic rings. The Morgan fingerprint density at radius 3 is 1.17 bits per heavy atom. The second kappa shape index (κ2) is 6.08. The SMILES string of the molecule is CC(C)C1CC(C(C)C)c2cc3c(cc21)C1c2ccccc2C3c2ccccc21. The summed E-state index contributed by atoms with van der Waals surface area (Å²) in [5.74, 6) is 3.62. The molecule has 2 unspecified atom stereocenters. The highest BCUT2D eigenvalue weighted by Crippen LogP contribution is 2.58. The summed E-state index contributed by atoms with van der Waals surface area (Å²) in [6.45, 7) is 9.64. The summed E-state index contributed by atoms with van der Waals surface area (Å²) in [4.78, 5) is 0.